The van der Waals surface area contributed by atoms with Crippen LogP contribution in [-0.2, 0) is 9.53 Å². The van der Waals surface area contributed by atoms with Gasteiger partial charge in [-0.05, 0) is 95.4 Å². The molecule has 35 heavy (non-hydrogen) atoms. The van der Waals surface area contributed by atoms with Crippen LogP contribution in [0.1, 0.15) is 118 Å². The van der Waals surface area contributed by atoms with E-state index in [0.29, 0.717) is 23.3 Å². The SMILES string of the molecule is CC(=O)OC1CCC2(C)C(=Cc3nnnn3C3C2CCC2(C)C(C(C)CCCC(C)C)CCC32)C1. The molecule has 2 heterocycles. The Hall–Kier alpha value is -1.72. The highest BCUT2D eigenvalue weighted by atomic mass is 16.5. The van der Waals surface area contributed by atoms with Gasteiger partial charge in [0.15, 0.2) is 5.82 Å². The molecular formula is C29H46N4O2. The summed E-state index contributed by atoms with van der Waals surface area (Å²) >= 11 is 0. The van der Waals surface area contributed by atoms with Gasteiger partial charge in [0.05, 0.1) is 6.04 Å². The molecule has 3 aliphatic carbocycles. The van der Waals surface area contributed by atoms with Crippen molar-refractivity contribution >= 4 is 12.0 Å². The number of esters is 1. The molecule has 3 saturated carbocycles. The van der Waals surface area contributed by atoms with Crippen molar-refractivity contribution < 1.29 is 9.53 Å². The first kappa shape index (κ1) is 25.0. The van der Waals surface area contributed by atoms with Crippen LogP contribution in [0, 0.1) is 40.4 Å². The summed E-state index contributed by atoms with van der Waals surface area (Å²) in [6.07, 6.45) is 14.3. The highest BCUT2D eigenvalue weighted by Crippen LogP contribution is 2.67. The monoisotopic (exact) mass is 482 g/mol. The number of tetrazole rings is 1. The van der Waals surface area contributed by atoms with Crippen molar-refractivity contribution in [2.75, 3.05) is 0 Å². The second-order valence-electron chi connectivity index (χ2n) is 13.3. The number of nitrogens with zero attached hydrogens (tertiary/aromatic N) is 4. The fourth-order valence-electron chi connectivity index (χ4n) is 9.01. The molecule has 0 aromatic carbocycles. The molecule has 5 rings (SSSR count). The van der Waals surface area contributed by atoms with E-state index in [-0.39, 0.29) is 17.5 Å². The third-order valence-electron chi connectivity index (χ3n) is 10.9. The van der Waals surface area contributed by atoms with Crippen LogP contribution in [0.15, 0.2) is 5.57 Å². The molecule has 8 atom stereocenters. The van der Waals surface area contributed by atoms with Gasteiger partial charge in [0.2, 0.25) is 0 Å². The third-order valence-corrected chi connectivity index (χ3v) is 10.9. The first-order valence-corrected chi connectivity index (χ1v) is 14.3. The second kappa shape index (κ2) is 9.30. The average Bonchev–Trinajstić information content (AvgIpc) is 3.36. The zero-order valence-electron chi connectivity index (χ0n) is 22.8. The van der Waals surface area contributed by atoms with Crippen LogP contribution in [0.2, 0.25) is 0 Å². The maximum Gasteiger partial charge on any atom is 0.302 e. The Bertz CT molecular complexity index is 970. The zero-order valence-corrected chi connectivity index (χ0v) is 22.8. The van der Waals surface area contributed by atoms with Crippen molar-refractivity contribution in [3.05, 3.63) is 11.4 Å². The smallest absolute Gasteiger partial charge is 0.302 e. The van der Waals surface area contributed by atoms with Crippen LogP contribution >= 0.6 is 0 Å². The fourth-order valence-corrected chi connectivity index (χ4v) is 9.01. The van der Waals surface area contributed by atoms with E-state index < -0.39 is 0 Å². The van der Waals surface area contributed by atoms with Crippen molar-refractivity contribution in [2.45, 2.75) is 118 Å². The van der Waals surface area contributed by atoms with Crippen molar-refractivity contribution in [3.8, 4) is 0 Å². The molecule has 0 saturated heterocycles. The lowest BCUT2D eigenvalue weighted by Crippen LogP contribution is -2.49. The number of carbonyl (C=O) groups excluding carboxylic acids is 1. The molecule has 4 aliphatic rings. The number of carbonyl (C=O) groups is 1. The Morgan fingerprint density at radius 1 is 1.11 bits per heavy atom. The molecule has 194 valence electrons. The van der Waals surface area contributed by atoms with Crippen LogP contribution in [0.3, 0.4) is 0 Å². The molecule has 1 aromatic rings. The van der Waals surface area contributed by atoms with Gasteiger partial charge < -0.3 is 4.74 Å². The van der Waals surface area contributed by atoms with Crippen molar-refractivity contribution in [1.82, 2.24) is 20.2 Å². The topological polar surface area (TPSA) is 69.9 Å². The molecule has 0 amide bonds. The summed E-state index contributed by atoms with van der Waals surface area (Å²) in [6, 6.07) is 0.357. The average molecular weight is 483 g/mol. The summed E-state index contributed by atoms with van der Waals surface area (Å²) in [4.78, 5) is 11.7. The van der Waals surface area contributed by atoms with Crippen LogP contribution in [0.4, 0.5) is 0 Å². The fraction of sp³-hybridized carbons (Fsp3) is 0.862. The van der Waals surface area contributed by atoms with Gasteiger partial charge in [-0.1, -0.05) is 59.5 Å². The van der Waals surface area contributed by atoms with Crippen molar-refractivity contribution in [3.63, 3.8) is 0 Å². The van der Waals surface area contributed by atoms with Gasteiger partial charge in [0.25, 0.3) is 0 Å². The van der Waals surface area contributed by atoms with E-state index in [4.69, 9.17) is 4.74 Å². The first-order valence-electron chi connectivity index (χ1n) is 14.3. The molecular weight excluding hydrogens is 436 g/mol. The number of hydrogen-bond donors (Lipinski definition) is 0. The number of fused-ring (bicyclic) bond motifs is 7. The van der Waals surface area contributed by atoms with Gasteiger partial charge >= 0.3 is 5.97 Å². The summed E-state index contributed by atoms with van der Waals surface area (Å²) in [7, 11) is 0. The van der Waals surface area contributed by atoms with Crippen molar-refractivity contribution in [2.24, 2.45) is 40.4 Å². The summed E-state index contributed by atoms with van der Waals surface area (Å²) < 4.78 is 7.87. The summed E-state index contributed by atoms with van der Waals surface area (Å²) in [5.41, 5.74) is 1.85. The van der Waals surface area contributed by atoms with E-state index in [1.807, 2.05) is 0 Å². The van der Waals surface area contributed by atoms with E-state index >= 15 is 0 Å². The lowest BCUT2D eigenvalue weighted by molar-refractivity contribution is -0.148. The van der Waals surface area contributed by atoms with Crippen LogP contribution in [0.25, 0.3) is 6.08 Å². The van der Waals surface area contributed by atoms with Gasteiger partial charge in [-0.2, -0.15) is 0 Å². The largest absolute Gasteiger partial charge is 0.462 e. The maximum atomic E-state index is 11.7. The molecule has 8 unspecified atom stereocenters. The van der Waals surface area contributed by atoms with Crippen LogP contribution in [0.5, 0.6) is 0 Å². The highest BCUT2D eigenvalue weighted by molar-refractivity contribution is 5.66. The number of hydrogen-bond acceptors (Lipinski definition) is 5. The molecule has 1 aromatic heterocycles. The maximum absolute atomic E-state index is 11.7. The number of rotatable bonds is 6. The lowest BCUT2D eigenvalue weighted by Gasteiger charge is -2.55. The van der Waals surface area contributed by atoms with Gasteiger partial charge in [0, 0.05) is 13.3 Å². The molecule has 0 N–H and O–H groups in total. The van der Waals surface area contributed by atoms with E-state index in [2.05, 4.69) is 60.9 Å². The Kier molecular flexibility index (Phi) is 6.63. The van der Waals surface area contributed by atoms with E-state index in [9.17, 15) is 4.79 Å². The van der Waals surface area contributed by atoms with Gasteiger partial charge in [-0.25, -0.2) is 4.68 Å². The predicted octanol–water partition coefficient (Wildman–Crippen LogP) is 6.64. The minimum atomic E-state index is -0.177. The predicted molar refractivity (Wildman–Crippen MR) is 137 cm³/mol. The van der Waals surface area contributed by atoms with Gasteiger partial charge in [-0.15, -0.1) is 5.10 Å². The lowest BCUT2D eigenvalue weighted by atomic mass is 9.51. The third kappa shape index (κ3) is 4.27. The Morgan fingerprint density at radius 2 is 1.91 bits per heavy atom. The van der Waals surface area contributed by atoms with Crippen LogP contribution < -0.4 is 0 Å². The molecule has 6 heteroatoms. The standard InChI is InChI=1S/C29H46N4O2/c1-18(2)8-7-9-19(3)23-10-11-24-27-25(13-15-29(23,24)6)28(5)14-12-22(35-20(4)34)16-21(28)17-26-30-31-32-33(26)27/h17-19,22-25,27H,7-16H2,1-6H3. The zero-order chi connectivity index (χ0) is 25.0. The molecule has 0 spiro atoms. The second-order valence-corrected chi connectivity index (χ2v) is 13.3. The highest BCUT2D eigenvalue weighted by Gasteiger charge is 2.60. The number of ether oxygens (including phenoxy) is 1. The van der Waals surface area contributed by atoms with E-state index in [0.717, 1.165) is 42.8 Å². The molecule has 1 aliphatic heterocycles. The van der Waals surface area contributed by atoms with E-state index in [1.54, 1.807) is 0 Å². The quantitative estimate of drug-likeness (QED) is 0.425. The molecule has 0 bridgehead atoms. The van der Waals surface area contributed by atoms with Gasteiger partial charge in [-0.3, -0.25) is 4.79 Å². The Morgan fingerprint density at radius 3 is 2.66 bits per heavy atom. The molecule has 3 fully saturated rings. The Balaban J connectivity index is 1.43. The molecule has 6 nitrogen and oxygen atoms in total. The van der Waals surface area contributed by atoms with Crippen LogP contribution in [-0.4, -0.2) is 32.3 Å². The summed E-state index contributed by atoms with van der Waals surface area (Å²) in [5, 5.41) is 13.2. The normalized spacial score (nSPS) is 39.1. The van der Waals surface area contributed by atoms with Gasteiger partial charge in [0.1, 0.15) is 6.10 Å². The minimum Gasteiger partial charge on any atom is -0.462 e. The van der Waals surface area contributed by atoms with E-state index in [1.165, 1.54) is 57.4 Å². The summed E-state index contributed by atoms with van der Waals surface area (Å²) in [6.45, 7) is 13.8. The summed E-state index contributed by atoms with van der Waals surface area (Å²) in [5.74, 6) is 4.25. The molecule has 0 radical (unpaired) electrons. The Labute approximate surface area is 211 Å². The first-order chi connectivity index (χ1) is 16.6. The number of aromatic nitrogens is 4. The minimum absolute atomic E-state index is 0.0240. The van der Waals surface area contributed by atoms with Crippen molar-refractivity contribution in [1.29, 1.82) is 0 Å².